The number of halogens is 1. The van der Waals surface area contributed by atoms with E-state index in [4.69, 9.17) is 0 Å². The third-order valence-corrected chi connectivity index (χ3v) is 4.36. The molecule has 0 aromatic carbocycles. The predicted molar refractivity (Wildman–Crippen MR) is 76.4 cm³/mol. The summed E-state index contributed by atoms with van der Waals surface area (Å²) in [4.78, 5) is 4.39. The Hall–Kier alpha value is -0.710. The van der Waals surface area contributed by atoms with E-state index >= 15 is 0 Å². The van der Waals surface area contributed by atoms with E-state index in [1.165, 1.54) is 10.0 Å². The largest absolute Gasteiger partial charge is 0.310 e. The Bertz CT molecular complexity index is 455. The van der Waals surface area contributed by atoms with Crippen molar-refractivity contribution in [2.75, 3.05) is 6.54 Å². The number of aromatic nitrogens is 1. The molecule has 2 rings (SSSR count). The molecule has 0 aliphatic rings. The fraction of sp³-hybridized carbons (Fsp3) is 0.308. The van der Waals surface area contributed by atoms with Gasteiger partial charge in [-0.05, 0) is 45.6 Å². The van der Waals surface area contributed by atoms with Gasteiger partial charge in [0.1, 0.15) is 0 Å². The molecule has 4 heteroatoms. The fourth-order valence-corrected chi connectivity index (χ4v) is 3.43. The van der Waals surface area contributed by atoms with Crippen LogP contribution >= 0.6 is 27.3 Å². The number of hydrogen-bond donors (Lipinski definition) is 1. The molecule has 90 valence electrons. The molecule has 0 spiro atoms. The van der Waals surface area contributed by atoms with Gasteiger partial charge in [0, 0.05) is 34.2 Å². The van der Waals surface area contributed by atoms with Gasteiger partial charge >= 0.3 is 0 Å². The van der Waals surface area contributed by atoms with Crippen LogP contribution in [0.3, 0.4) is 0 Å². The zero-order chi connectivity index (χ0) is 12.1. The number of nitrogens with zero attached hydrogens (tertiary/aromatic N) is 1. The maximum Gasteiger partial charge on any atom is 0.0422 e. The molecule has 1 atom stereocenters. The molecular formula is C13H15BrN2S. The van der Waals surface area contributed by atoms with E-state index in [9.17, 15) is 0 Å². The minimum atomic E-state index is 0.329. The van der Waals surface area contributed by atoms with Crippen LogP contribution in [0.25, 0.3) is 0 Å². The highest BCUT2D eigenvalue weighted by Gasteiger charge is 2.15. The number of hydrogen-bond acceptors (Lipinski definition) is 3. The number of thiophene rings is 1. The summed E-state index contributed by atoms with van der Waals surface area (Å²) in [5.41, 5.74) is 2.44. The van der Waals surface area contributed by atoms with Crippen LogP contribution in [0.1, 0.15) is 24.2 Å². The summed E-state index contributed by atoms with van der Waals surface area (Å²) in [6, 6.07) is 6.39. The molecule has 2 aromatic heterocycles. The summed E-state index contributed by atoms with van der Waals surface area (Å²) >= 11 is 5.32. The Kier molecular flexibility index (Phi) is 4.71. The van der Waals surface area contributed by atoms with Crippen LogP contribution in [0.15, 0.2) is 39.6 Å². The molecule has 17 heavy (non-hydrogen) atoms. The highest BCUT2D eigenvalue weighted by molar-refractivity contribution is 9.10. The van der Waals surface area contributed by atoms with E-state index in [0.29, 0.717) is 6.04 Å². The summed E-state index contributed by atoms with van der Waals surface area (Å²) in [7, 11) is 0. The van der Waals surface area contributed by atoms with Crippen molar-refractivity contribution < 1.29 is 0 Å². The summed E-state index contributed by atoms with van der Waals surface area (Å²) in [6.07, 6.45) is 2.77. The number of rotatable bonds is 5. The van der Waals surface area contributed by atoms with Crippen LogP contribution in [-0.4, -0.2) is 11.5 Å². The van der Waals surface area contributed by atoms with Crippen molar-refractivity contribution in [2.24, 2.45) is 0 Å². The van der Waals surface area contributed by atoms with Gasteiger partial charge in [0.05, 0.1) is 0 Å². The fourth-order valence-electron chi connectivity index (χ4n) is 1.81. The van der Waals surface area contributed by atoms with Gasteiger partial charge in [0.2, 0.25) is 0 Å². The lowest BCUT2D eigenvalue weighted by Gasteiger charge is -2.17. The molecule has 0 amide bonds. The number of pyridine rings is 1. The topological polar surface area (TPSA) is 24.9 Å². The molecule has 0 radical (unpaired) electrons. The van der Waals surface area contributed by atoms with Gasteiger partial charge in [-0.1, -0.05) is 13.0 Å². The van der Waals surface area contributed by atoms with E-state index in [2.05, 4.69) is 50.0 Å². The highest BCUT2D eigenvalue weighted by atomic mass is 79.9. The van der Waals surface area contributed by atoms with Crippen LogP contribution in [0, 0.1) is 0 Å². The van der Waals surface area contributed by atoms with Gasteiger partial charge < -0.3 is 5.32 Å². The van der Waals surface area contributed by atoms with E-state index in [-0.39, 0.29) is 0 Å². The van der Waals surface area contributed by atoms with Crippen molar-refractivity contribution >= 4 is 27.3 Å². The molecule has 2 heterocycles. The molecule has 0 fully saturated rings. The first-order valence-electron chi connectivity index (χ1n) is 5.66. The summed E-state index contributed by atoms with van der Waals surface area (Å²) in [6.45, 7) is 3.09. The van der Waals surface area contributed by atoms with Gasteiger partial charge in [-0.2, -0.15) is 11.3 Å². The average Bonchev–Trinajstić information content (AvgIpc) is 2.76. The van der Waals surface area contributed by atoms with E-state index < -0.39 is 0 Å². The number of likely N-dealkylation sites (N-methyl/N-ethyl adjacent to an activating group) is 1. The van der Waals surface area contributed by atoms with Gasteiger partial charge in [0.15, 0.2) is 0 Å². The Morgan fingerprint density at radius 2 is 2.29 bits per heavy atom. The highest BCUT2D eigenvalue weighted by Crippen LogP contribution is 2.29. The van der Waals surface area contributed by atoms with Crippen molar-refractivity contribution in [1.29, 1.82) is 0 Å². The Balaban J connectivity index is 2.16. The normalized spacial score (nSPS) is 12.6. The molecule has 0 aliphatic heterocycles. The van der Waals surface area contributed by atoms with E-state index in [1.807, 2.05) is 18.3 Å². The van der Waals surface area contributed by atoms with Crippen molar-refractivity contribution in [3.8, 4) is 0 Å². The molecule has 2 nitrogen and oxygen atoms in total. The van der Waals surface area contributed by atoms with Gasteiger partial charge in [-0.3, -0.25) is 4.98 Å². The van der Waals surface area contributed by atoms with E-state index in [0.717, 1.165) is 18.7 Å². The summed E-state index contributed by atoms with van der Waals surface area (Å²) in [5.74, 6) is 0. The molecule has 0 saturated heterocycles. The maximum atomic E-state index is 4.39. The first-order chi connectivity index (χ1) is 8.31. The molecule has 0 saturated carbocycles. The number of nitrogens with one attached hydrogen (secondary N) is 1. The van der Waals surface area contributed by atoms with Crippen molar-refractivity contribution in [2.45, 2.75) is 19.4 Å². The zero-order valence-corrected chi connectivity index (χ0v) is 12.1. The van der Waals surface area contributed by atoms with Crippen molar-refractivity contribution in [3.05, 3.63) is 50.9 Å². The molecule has 0 bridgehead atoms. The maximum absolute atomic E-state index is 4.39. The third-order valence-electron chi connectivity index (χ3n) is 2.61. The second kappa shape index (κ2) is 6.28. The summed E-state index contributed by atoms with van der Waals surface area (Å²) < 4.78 is 1.18. The smallest absolute Gasteiger partial charge is 0.0422 e. The Morgan fingerprint density at radius 3 is 2.88 bits per heavy atom. The molecular weight excluding hydrogens is 296 g/mol. The van der Waals surface area contributed by atoms with Gasteiger partial charge in [-0.15, -0.1) is 0 Å². The van der Waals surface area contributed by atoms with E-state index in [1.54, 1.807) is 11.3 Å². The minimum Gasteiger partial charge on any atom is -0.310 e. The van der Waals surface area contributed by atoms with Gasteiger partial charge in [-0.25, -0.2) is 0 Å². The lowest BCUT2D eigenvalue weighted by molar-refractivity contribution is 0.544. The van der Waals surface area contributed by atoms with Crippen LogP contribution in [0.4, 0.5) is 0 Å². The molecule has 2 aromatic rings. The first kappa shape index (κ1) is 12.7. The molecule has 0 aliphatic carbocycles. The lowest BCUT2D eigenvalue weighted by Crippen LogP contribution is -2.23. The average molecular weight is 311 g/mol. The Morgan fingerprint density at radius 1 is 1.41 bits per heavy atom. The van der Waals surface area contributed by atoms with Crippen LogP contribution in [-0.2, 0) is 6.42 Å². The van der Waals surface area contributed by atoms with Crippen LogP contribution < -0.4 is 5.32 Å². The second-order valence-corrected chi connectivity index (χ2v) is 5.41. The van der Waals surface area contributed by atoms with Crippen LogP contribution in [0.2, 0.25) is 0 Å². The quantitative estimate of drug-likeness (QED) is 0.908. The van der Waals surface area contributed by atoms with Crippen molar-refractivity contribution in [1.82, 2.24) is 10.3 Å². The first-order valence-corrected chi connectivity index (χ1v) is 7.39. The second-order valence-electron chi connectivity index (χ2n) is 3.81. The van der Waals surface area contributed by atoms with Crippen molar-refractivity contribution in [3.63, 3.8) is 0 Å². The predicted octanol–water partition coefficient (Wildman–Crippen LogP) is 3.80. The molecule has 1 unspecified atom stereocenters. The monoisotopic (exact) mass is 310 g/mol. The standard InChI is InChI=1S/C13H15BrN2S/c1-2-15-13(11-8-17-9-12(11)14)7-10-5-3-4-6-16-10/h3-6,8-9,13,15H,2,7H2,1H3. The summed E-state index contributed by atoms with van der Waals surface area (Å²) in [5, 5.41) is 7.83. The zero-order valence-electron chi connectivity index (χ0n) is 9.69. The van der Waals surface area contributed by atoms with Gasteiger partial charge in [0.25, 0.3) is 0 Å². The SMILES string of the molecule is CCNC(Cc1ccccn1)c1cscc1Br. The third kappa shape index (κ3) is 3.37. The Labute approximate surface area is 114 Å². The minimum absolute atomic E-state index is 0.329. The van der Waals surface area contributed by atoms with Crippen LogP contribution in [0.5, 0.6) is 0 Å². The molecule has 1 N–H and O–H groups in total. The lowest BCUT2D eigenvalue weighted by atomic mass is 10.0.